The summed E-state index contributed by atoms with van der Waals surface area (Å²) in [5.74, 6) is 1.28. The summed E-state index contributed by atoms with van der Waals surface area (Å²) in [6, 6.07) is 0.174. The fourth-order valence-corrected chi connectivity index (χ4v) is 2.52. The molecule has 6 nitrogen and oxygen atoms in total. The molecule has 1 aliphatic rings. The van der Waals surface area contributed by atoms with Gasteiger partial charge in [-0.3, -0.25) is 0 Å². The Morgan fingerprint density at radius 3 is 2.87 bits per heavy atom. The van der Waals surface area contributed by atoms with Gasteiger partial charge in [-0.2, -0.15) is 0 Å². The van der Waals surface area contributed by atoms with Crippen molar-refractivity contribution in [3.05, 3.63) is 24.1 Å². The molecule has 0 bridgehead atoms. The molecule has 0 radical (unpaired) electrons. The maximum absolute atomic E-state index is 9.18. The molecule has 0 spiro atoms. The molecule has 1 aromatic rings. The van der Waals surface area contributed by atoms with Gasteiger partial charge in [0.2, 0.25) is 0 Å². The van der Waals surface area contributed by atoms with Gasteiger partial charge >= 0.3 is 6.85 Å². The lowest BCUT2D eigenvalue weighted by Gasteiger charge is -2.19. The minimum atomic E-state index is 0.151. The van der Waals surface area contributed by atoms with Crippen LogP contribution in [0.3, 0.4) is 0 Å². The van der Waals surface area contributed by atoms with Crippen molar-refractivity contribution in [2.75, 3.05) is 18.5 Å². The summed E-state index contributed by atoms with van der Waals surface area (Å²) >= 11 is 0. The number of rotatable bonds is 9. The highest BCUT2D eigenvalue weighted by Crippen LogP contribution is 2.22. The van der Waals surface area contributed by atoms with Gasteiger partial charge in [0.15, 0.2) is 11.6 Å². The zero-order chi connectivity index (χ0) is 16.7. The maximum atomic E-state index is 9.18. The van der Waals surface area contributed by atoms with Gasteiger partial charge < -0.3 is 20.1 Å². The van der Waals surface area contributed by atoms with Crippen LogP contribution in [0.25, 0.3) is 0 Å². The van der Waals surface area contributed by atoms with E-state index in [1.807, 2.05) is 0 Å². The van der Waals surface area contributed by atoms with Crippen molar-refractivity contribution in [1.82, 2.24) is 9.97 Å². The first kappa shape index (κ1) is 17.5. The Kier molecular flexibility index (Phi) is 6.59. The Bertz CT molecular complexity index is 571. The smallest absolute Gasteiger partial charge is 0.304 e. The molecule has 0 aliphatic carbocycles. The van der Waals surface area contributed by atoms with Gasteiger partial charge in [0.25, 0.3) is 0 Å². The van der Waals surface area contributed by atoms with Crippen LogP contribution < -0.4 is 10.1 Å². The third-order valence-corrected chi connectivity index (χ3v) is 3.92. The van der Waals surface area contributed by atoms with Gasteiger partial charge in [0.1, 0.15) is 12.9 Å². The zero-order valence-corrected chi connectivity index (χ0v) is 14.1. The van der Waals surface area contributed by atoms with E-state index in [0.29, 0.717) is 24.6 Å². The van der Waals surface area contributed by atoms with E-state index in [4.69, 9.17) is 4.74 Å². The van der Waals surface area contributed by atoms with E-state index in [0.717, 1.165) is 18.6 Å². The minimum Gasteiger partial charge on any atom is -0.482 e. The highest BCUT2D eigenvalue weighted by Gasteiger charge is 2.17. The van der Waals surface area contributed by atoms with Crippen molar-refractivity contribution in [1.29, 1.82) is 0 Å². The average molecular weight is 316 g/mol. The molecule has 23 heavy (non-hydrogen) atoms. The van der Waals surface area contributed by atoms with Gasteiger partial charge in [-0.15, -0.1) is 0 Å². The van der Waals surface area contributed by atoms with E-state index in [1.54, 1.807) is 6.20 Å². The molecule has 124 valence electrons. The van der Waals surface area contributed by atoms with Crippen LogP contribution >= 0.6 is 0 Å². The number of aromatic nitrogens is 2. The molecular weight excluding hydrogens is 291 g/mol. The van der Waals surface area contributed by atoms with Crippen LogP contribution in [0.2, 0.25) is 6.82 Å². The molecule has 2 N–H and O–H groups in total. The van der Waals surface area contributed by atoms with Crippen molar-refractivity contribution in [2.45, 2.75) is 46.0 Å². The van der Waals surface area contributed by atoms with E-state index in [2.05, 4.69) is 46.9 Å². The molecular formula is C16H25BN4O2. The number of nitrogens with one attached hydrogen (secondary N) is 1. The predicted octanol–water partition coefficient (Wildman–Crippen LogP) is 2.38. The summed E-state index contributed by atoms with van der Waals surface area (Å²) in [6.45, 7) is 7.06. The Balaban J connectivity index is 2.01. The van der Waals surface area contributed by atoms with E-state index in [9.17, 15) is 5.11 Å². The van der Waals surface area contributed by atoms with E-state index in [-0.39, 0.29) is 19.5 Å². The van der Waals surface area contributed by atoms with E-state index < -0.39 is 0 Å². The molecule has 0 aromatic carbocycles. The van der Waals surface area contributed by atoms with Crippen LogP contribution in [0.1, 0.15) is 33.1 Å². The molecule has 0 fully saturated rings. The number of aliphatic hydroxyl groups excluding tert-OH is 1. The molecule has 2 heterocycles. The number of allylic oxidation sites excluding steroid dienone is 1. The number of hydrogen-bond acceptors (Lipinski definition) is 6. The predicted molar refractivity (Wildman–Crippen MR) is 94.4 cm³/mol. The molecule has 2 rings (SSSR count). The highest BCUT2D eigenvalue weighted by atomic mass is 16.5. The van der Waals surface area contributed by atoms with Crippen molar-refractivity contribution in [3.8, 4) is 5.75 Å². The lowest BCUT2D eigenvalue weighted by molar-refractivity contribution is 0.276. The van der Waals surface area contributed by atoms with Crippen LogP contribution in [-0.2, 0) is 0 Å². The largest absolute Gasteiger partial charge is 0.482 e. The first-order valence-electron chi connectivity index (χ1n) is 8.19. The standard InChI is InChI=1S/C16H25BN4O2/c1-4-5-13(6-7-22)20-16-15(9-18-11-19-16)23-10-14-8-12(2)17(3)21-14/h8-9,11,13,22H,4-7,10H2,1-3H3,(H,18,19,20)/t13-/m0/s1. The fraction of sp³-hybridized carbons (Fsp3) is 0.562. The van der Waals surface area contributed by atoms with Crippen LogP contribution in [0.4, 0.5) is 5.82 Å². The monoisotopic (exact) mass is 316 g/mol. The van der Waals surface area contributed by atoms with Crippen LogP contribution in [-0.4, -0.2) is 46.9 Å². The van der Waals surface area contributed by atoms with Crippen LogP contribution in [0, 0.1) is 0 Å². The second-order valence-corrected chi connectivity index (χ2v) is 5.85. The summed E-state index contributed by atoms with van der Waals surface area (Å²) in [7, 11) is 0. The Labute approximate surface area is 138 Å². The summed E-state index contributed by atoms with van der Waals surface area (Å²) in [5.41, 5.74) is 2.18. The SMILES string of the molecule is CCC[C@@H](CCO)Nc1ncncc1OCC1=NB(C)C(C)=C1. The number of anilines is 1. The Morgan fingerprint density at radius 2 is 2.22 bits per heavy atom. The highest BCUT2D eigenvalue weighted by molar-refractivity contribution is 6.67. The number of nitrogens with zero attached hydrogens (tertiary/aromatic N) is 3. The van der Waals surface area contributed by atoms with Crippen molar-refractivity contribution >= 4 is 18.4 Å². The third kappa shape index (κ3) is 5.06. The average Bonchev–Trinajstić information content (AvgIpc) is 2.85. The number of hydrogen-bond donors (Lipinski definition) is 2. The van der Waals surface area contributed by atoms with Gasteiger partial charge in [-0.05, 0) is 25.8 Å². The second-order valence-electron chi connectivity index (χ2n) is 5.85. The maximum Gasteiger partial charge on any atom is 0.304 e. The van der Waals surface area contributed by atoms with E-state index in [1.165, 1.54) is 11.8 Å². The molecule has 0 amide bonds. The second kappa shape index (κ2) is 8.67. The topological polar surface area (TPSA) is 79.6 Å². The molecule has 1 atom stereocenters. The summed E-state index contributed by atoms with van der Waals surface area (Å²) < 4.78 is 5.85. The van der Waals surface area contributed by atoms with Crippen LogP contribution in [0.5, 0.6) is 5.75 Å². The van der Waals surface area contributed by atoms with Gasteiger partial charge in [-0.25, -0.2) is 9.97 Å². The quantitative estimate of drug-likeness (QED) is 0.684. The van der Waals surface area contributed by atoms with Gasteiger partial charge in [0.05, 0.1) is 11.9 Å². The summed E-state index contributed by atoms with van der Waals surface area (Å²) in [6.07, 6.45) is 7.91. The molecule has 1 aliphatic heterocycles. The Hall–Kier alpha value is -1.89. The molecule has 0 saturated heterocycles. The number of aliphatic hydroxyl groups is 1. The van der Waals surface area contributed by atoms with Crippen molar-refractivity contribution in [2.24, 2.45) is 4.90 Å². The van der Waals surface area contributed by atoms with Crippen molar-refractivity contribution < 1.29 is 9.84 Å². The van der Waals surface area contributed by atoms with Crippen molar-refractivity contribution in [3.63, 3.8) is 0 Å². The normalized spacial score (nSPS) is 15.2. The first-order valence-corrected chi connectivity index (χ1v) is 8.19. The lowest BCUT2D eigenvalue weighted by Crippen LogP contribution is -2.22. The molecule has 7 heteroatoms. The number of ether oxygens (including phenoxy) is 1. The zero-order valence-electron chi connectivity index (χ0n) is 14.1. The van der Waals surface area contributed by atoms with E-state index >= 15 is 0 Å². The third-order valence-electron chi connectivity index (χ3n) is 3.92. The fourth-order valence-electron chi connectivity index (χ4n) is 2.52. The molecule has 0 saturated carbocycles. The minimum absolute atomic E-state index is 0.151. The first-order chi connectivity index (χ1) is 11.1. The molecule has 1 aromatic heterocycles. The lowest BCUT2D eigenvalue weighted by atomic mass is 9.61. The van der Waals surface area contributed by atoms with Gasteiger partial charge in [0, 0.05) is 12.6 Å². The molecule has 0 unspecified atom stereocenters. The summed E-state index contributed by atoms with van der Waals surface area (Å²) in [5, 5.41) is 12.5. The van der Waals surface area contributed by atoms with Crippen LogP contribution in [0.15, 0.2) is 29.0 Å². The summed E-state index contributed by atoms with van der Waals surface area (Å²) in [4.78, 5) is 12.9. The van der Waals surface area contributed by atoms with Gasteiger partial charge in [-0.1, -0.05) is 25.6 Å². The Morgan fingerprint density at radius 1 is 1.39 bits per heavy atom.